The van der Waals surface area contributed by atoms with Crippen LogP contribution in [0.15, 0.2) is 72.9 Å². The van der Waals surface area contributed by atoms with Crippen molar-refractivity contribution in [2.24, 2.45) is 0 Å². The lowest BCUT2D eigenvalue weighted by Gasteiger charge is -2.07. The third-order valence-corrected chi connectivity index (χ3v) is 5.74. The summed E-state index contributed by atoms with van der Waals surface area (Å²) in [6, 6.07) is 22.3. The molecule has 4 nitrogen and oxygen atoms in total. The number of aryl methyl sites for hydroxylation is 1. The quantitative estimate of drug-likeness (QED) is 0.307. The second-order valence-corrected chi connectivity index (χ2v) is 7.86. The molecule has 0 saturated carbocycles. The molecule has 0 atom stereocenters. The van der Waals surface area contributed by atoms with Crippen LogP contribution < -0.4 is 4.74 Å². The van der Waals surface area contributed by atoms with Gasteiger partial charge >= 0.3 is 0 Å². The molecule has 0 aliphatic carbocycles. The number of ether oxygens (including phenoxy) is 1. The van der Waals surface area contributed by atoms with Crippen molar-refractivity contribution in [3.05, 3.63) is 83.5 Å². The SMILES string of the molecule is CCOc1ccc(-c2nn(-c3ccc(Cl)cc3)c3c2cnc2ccc(CC)cc23)cc1. The van der Waals surface area contributed by atoms with E-state index >= 15 is 0 Å². The normalized spacial score (nSPS) is 11.3. The van der Waals surface area contributed by atoms with Gasteiger partial charge in [0, 0.05) is 27.6 Å². The molecule has 5 rings (SSSR count). The molecule has 0 radical (unpaired) electrons. The molecule has 0 unspecified atom stereocenters. The van der Waals surface area contributed by atoms with Crippen LogP contribution in [0, 0.1) is 0 Å². The summed E-state index contributed by atoms with van der Waals surface area (Å²) >= 11 is 6.14. The van der Waals surface area contributed by atoms with Gasteiger partial charge in [-0.15, -0.1) is 0 Å². The lowest BCUT2D eigenvalue weighted by molar-refractivity contribution is 0.340. The number of hydrogen-bond acceptors (Lipinski definition) is 3. The van der Waals surface area contributed by atoms with E-state index in [1.54, 1.807) is 0 Å². The van der Waals surface area contributed by atoms with Crippen molar-refractivity contribution in [2.45, 2.75) is 20.3 Å². The summed E-state index contributed by atoms with van der Waals surface area (Å²) in [5.41, 5.74) is 6.15. The first-order valence-corrected chi connectivity index (χ1v) is 10.8. The average molecular weight is 428 g/mol. The monoisotopic (exact) mass is 427 g/mol. The minimum atomic E-state index is 0.642. The highest BCUT2D eigenvalue weighted by Crippen LogP contribution is 2.35. The number of pyridine rings is 1. The number of rotatable bonds is 5. The largest absolute Gasteiger partial charge is 0.494 e. The Morgan fingerprint density at radius 3 is 2.39 bits per heavy atom. The summed E-state index contributed by atoms with van der Waals surface area (Å²) in [4.78, 5) is 4.74. The van der Waals surface area contributed by atoms with Crippen molar-refractivity contribution >= 4 is 33.4 Å². The highest BCUT2D eigenvalue weighted by molar-refractivity contribution is 6.30. The number of halogens is 1. The van der Waals surface area contributed by atoms with Crippen molar-refractivity contribution in [2.75, 3.05) is 6.61 Å². The van der Waals surface area contributed by atoms with E-state index in [1.165, 1.54) is 5.56 Å². The zero-order valence-electron chi connectivity index (χ0n) is 17.5. The van der Waals surface area contributed by atoms with Gasteiger partial charge in [0.1, 0.15) is 11.4 Å². The molecule has 3 aromatic carbocycles. The Hall–Kier alpha value is -3.37. The van der Waals surface area contributed by atoms with Crippen LogP contribution in [0.4, 0.5) is 0 Å². The van der Waals surface area contributed by atoms with E-state index in [1.807, 2.05) is 66.3 Å². The van der Waals surface area contributed by atoms with E-state index in [0.717, 1.165) is 50.9 Å². The number of benzene rings is 3. The lowest BCUT2D eigenvalue weighted by Crippen LogP contribution is -1.97. The van der Waals surface area contributed by atoms with Crippen molar-refractivity contribution < 1.29 is 4.74 Å². The maximum atomic E-state index is 6.14. The van der Waals surface area contributed by atoms with Gasteiger partial charge in [-0.1, -0.05) is 24.6 Å². The molecule has 0 spiro atoms. The topological polar surface area (TPSA) is 39.9 Å². The molecular weight excluding hydrogens is 406 g/mol. The fourth-order valence-electron chi connectivity index (χ4n) is 3.91. The third kappa shape index (κ3) is 3.53. The van der Waals surface area contributed by atoms with Crippen molar-refractivity contribution in [1.82, 2.24) is 14.8 Å². The second kappa shape index (κ2) is 8.05. The van der Waals surface area contributed by atoms with Crippen LogP contribution in [-0.2, 0) is 6.42 Å². The van der Waals surface area contributed by atoms with Gasteiger partial charge in [0.15, 0.2) is 0 Å². The highest BCUT2D eigenvalue weighted by Gasteiger charge is 2.17. The summed E-state index contributed by atoms with van der Waals surface area (Å²) in [5, 5.41) is 7.84. The standard InChI is InChI=1S/C26H22ClN3O/c1-3-17-5-14-24-22(15-17)26-23(16-28-24)25(18-6-12-21(13-7-18)31-4-2)29-30(26)20-10-8-19(27)9-11-20/h5-16H,3-4H2,1-2H3. The summed E-state index contributed by atoms with van der Waals surface area (Å²) in [6.07, 6.45) is 2.89. The molecule has 0 N–H and O–H groups in total. The van der Waals surface area contributed by atoms with Crippen molar-refractivity contribution in [3.63, 3.8) is 0 Å². The molecule has 0 fully saturated rings. The van der Waals surface area contributed by atoms with Crippen LogP contribution in [0.5, 0.6) is 5.75 Å². The van der Waals surface area contributed by atoms with Crippen LogP contribution in [-0.4, -0.2) is 21.4 Å². The molecule has 5 aromatic rings. The van der Waals surface area contributed by atoms with Gasteiger partial charge in [-0.05, 0) is 79.6 Å². The molecule has 31 heavy (non-hydrogen) atoms. The molecule has 0 aliphatic heterocycles. The highest BCUT2D eigenvalue weighted by atomic mass is 35.5. The molecule has 5 heteroatoms. The Balaban J connectivity index is 1.80. The first-order valence-electron chi connectivity index (χ1n) is 10.5. The molecule has 0 amide bonds. The first kappa shape index (κ1) is 19.6. The Morgan fingerprint density at radius 2 is 1.68 bits per heavy atom. The molecule has 0 bridgehead atoms. The van der Waals surface area contributed by atoms with Crippen LogP contribution >= 0.6 is 11.6 Å². The number of aromatic nitrogens is 3. The van der Waals surface area contributed by atoms with E-state index in [0.29, 0.717) is 11.6 Å². The molecular formula is C26H22ClN3O. The van der Waals surface area contributed by atoms with E-state index in [-0.39, 0.29) is 0 Å². The maximum absolute atomic E-state index is 6.14. The number of hydrogen-bond donors (Lipinski definition) is 0. The minimum absolute atomic E-state index is 0.642. The smallest absolute Gasteiger partial charge is 0.119 e. The van der Waals surface area contributed by atoms with Gasteiger partial charge < -0.3 is 4.74 Å². The molecule has 154 valence electrons. The molecule has 0 saturated heterocycles. The zero-order chi connectivity index (χ0) is 21.4. The zero-order valence-corrected chi connectivity index (χ0v) is 18.2. The van der Waals surface area contributed by atoms with Crippen molar-refractivity contribution in [1.29, 1.82) is 0 Å². The van der Waals surface area contributed by atoms with Gasteiger partial charge in [0.2, 0.25) is 0 Å². The Labute approximate surface area is 186 Å². The predicted molar refractivity (Wildman–Crippen MR) is 127 cm³/mol. The summed E-state index contributed by atoms with van der Waals surface area (Å²) < 4.78 is 7.60. The summed E-state index contributed by atoms with van der Waals surface area (Å²) in [7, 11) is 0. The Bertz CT molecular complexity index is 1370. The van der Waals surface area contributed by atoms with Gasteiger partial charge in [-0.3, -0.25) is 4.98 Å². The average Bonchev–Trinajstić information content (AvgIpc) is 3.20. The summed E-state index contributed by atoms with van der Waals surface area (Å²) in [5.74, 6) is 0.851. The second-order valence-electron chi connectivity index (χ2n) is 7.42. The maximum Gasteiger partial charge on any atom is 0.119 e. The van der Waals surface area contributed by atoms with Crippen LogP contribution in [0.25, 0.3) is 38.8 Å². The van der Waals surface area contributed by atoms with E-state index in [4.69, 9.17) is 26.4 Å². The van der Waals surface area contributed by atoms with Crippen LogP contribution in [0.2, 0.25) is 5.02 Å². The molecule has 0 aliphatic rings. The fourth-order valence-corrected chi connectivity index (χ4v) is 4.04. The summed E-state index contributed by atoms with van der Waals surface area (Å²) in [6.45, 7) is 4.79. The van der Waals surface area contributed by atoms with Crippen molar-refractivity contribution in [3.8, 4) is 22.7 Å². The van der Waals surface area contributed by atoms with Crippen LogP contribution in [0.3, 0.4) is 0 Å². The molecule has 2 aromatic heterocycles. The Morgan fingerprint density at radius 1 is 0.903 bits per heavy atom. The van der Waals surface area contributed by atoms with Gasteiger partial charge in [0.05, 0.1) is 23.3 Å². The van der Waals surface area contributed by atoms with Gasteiger partial charge in [0.25, 0.3) is 0 Å². The van der Waals surface area contributed by atoms with E-state index < -0.39 is 0 Å². The number of nitrogens with zero attached hydrogens (tertiary/aromatic N) is 3. The van der Waals surface area contributed by atoms with E-state index in [9.17, 15) is 0 Å². The van der Waals surface area contributed by atoms with E-state index in [2.05, 4.69) is 25.1 Å². The minimum Gasteiger partial charge on any atom is -0.494 e. The number of fused-ring (bicyclic) bond motifs is 3. The first-order chi connectivity index (χ1) is 15.2. The van der Waals surface area contributed by atoms with Gasteiger partial charge in [-0.2, -0.15) is 5.10 Å². The fraction of sp³-hybridized carbons (Fsp3) is 0.154. The van der Waals surface area contributed by atoms with Crippen LogP contribution in [0.1, 0.15) is 19.4 Å². The predicted octanol–water partition coefficient (Wildman–Crippen LogP) is 6.86. The molecule has 2 heterocycles. The van der Waals surface area contributed by atoms with Gasteiger partial charge in [-0.25, -0.2) is 4.68 Å². The Kier molecular flexibility index (Phi) is 5.08. The third-order valence-electron chi connectivity index (χ3n) is 5.49. The lowest BCUT2D eigenvalue weighted by atomic mass is 10.0.